The molecule has 4 aromatic heterocycles. The second kappa shape index (κ2) is 39.2. The highest BCUT2D eigenvalue weighted by Gasteiger charge is 2.18. The van der Waals surface area contributed by atoms with Crippen LogP contribution in [-0.2, 0) is 21.1 Å². The molecule has 0 radical (unpaired) electrons. The van der Waals surface area contributed by atoms with Crippen molar-refractivity contribution in [1.29, 1.82) is 0 Å². The normalized spacial score (nSPS) is 11.0. The molecule has 0 N–H and O–H groups in total. The fourth-order valence-electron chi connectivity index (χ4n) is 18.1. The maximum atomic E-state index is 2.34. The van der Waals surface area contributed by atoms with E-state index >= 15 is 0 Å². The number of aromatic nitrogens is 4. The number of anilines is 6. The van der Waals surface area contributed by atoms with Crippen LogP contribution >= 0.6 is 0 Å². The van der Waals surface area contributed by atoms with Gasteiger partial charge in [0, 0.05) is 137 Å². The van der Waals surface area contributed by atoms with Crippen LogP contribution in [0.15, 0.2) is 510 Å². The number of nitrogens with zero attached hydrogens (tertiary/aromatic N) is 6. The lowest BCUT2D eigenvalue weighted by atomic mass is 10.0. The first-order valence-corrected chi connectivity index (χ1v) is 45.3. The van der Waals surface area contributed by atoms with E-state index in [1.54, 1.807) is 0 Å². The zero-order valence-corrected chi connectivity index (χ0v) is 75.2. The van der Waals surface area contributed by atoms with Gasteiger partial charge >= 0.3 is 0 Å². The minimum atomic E-state index is 1.14. The summed E-state index contributed by atoms with van der Waals surface area (Å²) in [6, 6.07) is 180. The third kappa shape index (κ3) is 18.3. The Morgan fingerprint density at radius 2 is 0.326 bits per heavy atom. The Hall–Kier alpha value is -16.8. The minimum absolute atomic E-state index is 1.14. The Morgan fingerprint density at radius 1 is 0.144 bits per heavy atom. The van der Waals surface area contributed by atoms with Gasteiger partial charge in [0.05, 0.1) is 11.0 Å². The van der Waals surface area contributed by atoms with Gasteiger partial charge in [-0.05, 0) is 228 Å². The first kappa shape index (κ1) is 84.7. The van der Waals surface area contributed by atoms with E-state index in [4.69, 9.17) is 0 Å². The molecule has 132 heavy (non-hydrogen) atoms. The lowest BCUT2D eigenvalue weighted by molar-refractivity contribution is 1.01. The molecule has 0 bridgehead atoms. The highest BCUT2D eigenvalue weighted by atomic mass is 15.1. The Labute approximate surface area is 773 Å². The summed E-state index contributed by atoms with van der Waals surface area (Å²) in [6.45, 7) is 6.35. The van der Waals surface area contributed by atoms with E-state index in [2.05, 4.69) is 567 Å². The largest absolute Gasteiger partial charge is 0.344 e. The minimum Gasteiger partial charge on any atom is -0.344 e. The lowest BCUT2D eigenvalue weighted by Gasteiger charge is -2.26. The molecule has 0 atom stereocenters. The molecule has 636 valence electrons. The van der Waals surface area contributed by atoms with Crippen molar-refractivity contribution in [3.8, 4) is 61.3 Å². The van der Waals surface area contributed by atoms with E-state index < -0.39 is 0 Å². The van der Waals surface area contributed by atoms with Crippen LogP contribution < -0.4 is 9.80 Å². The van der Waals surface area contributed by atoms with Crippen LogP contribution in [0.1, 0.15) is 16.7 Å². The summed E-state index contributed by atoms with van der Waals surface area (Å²) in [4.78, 5) is 4.57. The molecule has 0 saturated heterocycles. The molecule has 0 aliphatic heterocycles. The number of fused-ring (bicyclic) bond motifs is 12. The van der Waals surface area contributed by atoms with Gasteiger partial charge in [-0.25, -0.2) is 0 Å². The number of aryl methyl sites for hydroxylation is 6. The average Bonchev–Trinajstić information content (AvgIpc) is 1.62. The van der Waals surface area contributed by atoms with Crippen LogP contribution in [0, 0.1) is 20.8 Å². The SMILES string of the molecule is Cc1ccc(-n2c3ccccc3c3ccccc32)cc1.Cc1ccc(N(c2ccc(-c3ccccc3)cc2)c2ccc(-c3ccccc3)cc2)cc1.Cc1ccc(N(c2ccccc2)c2ccccc2)cc1.Cn1c2ccc(-c3ccccc3)cc2c2cc(-c3ccccc3)ccc21.Cn1c2ccccc2c2cc(-c3ccccc3)ccc21.Cn1c2ccccc2c2ccccc21. The van der Waals surface area contributed by atoms with Crippen molar-refractivity contribution in [3.63, 3.8) is 0 Å². The van der Waals surface area contributed by atoms with E-state index in [0.29, 0.717) is 0 Å². The van der Waals surface area contributed by atoms with Gasteiger partial charge in [0.15, 0.2) is 0 Å². The van der Waals surface area contributed by atoms with Crippen LogP contribution in [0.25, 0.3) is 149 Å². The molecule has 0 fully saturated rings. The number of para-hydroxylation sites is 7. The second-order valence-electron chi connectivity index (χ2n) is 33.6. The fraction of sp³-hybridized carbons (Fsp3) is 0.0476. The molecular weight excluding hydrogens is 1600 g/mol. The maximum absolute atomic E-state index is 2.34. The standard InChI is InChI=1S/C31H25N.C25H19N.2C19H15N.C19H17N.C13H11N/c1-24-12-18-29(19-13-24)32(30-20-14-27(15-21-30)25-8-4-2-5-9-25)31-22-16-28(17-23-31)26-10-6-3-7-11-26;1-26-24-14-12-20(18-8-4-2-5-9-18)16-22(24)23-17-21(13-15-25(23)26)19-10-6-3-7-11-19;1-14-10-12-15(13-11-14)20-18-8-4-2-6-16(18)17-7-3-5-9-19(17)20;1-20-18-10-6-5-9-16(18)17-13-15(11-12-19(17)20)14-7-3-2-4-8-14;1-16-12-14-19(15-13-16)20(17-8-4-2-5-9-17)18-10-6-3-7-11-18;1-14-12-8-4-2-6-10(12)11-7-3-5-9-13(11)14/h2-23H,1H3;2-17H,1H3;2*2-13H,1H3;2-15H,1H3;2-9H,1H3. The number of rotatable bonds is 12. The number of hydrogen-bond donors (Lipinski definition) is 0. The zero-order chi connectivity index (χ0) is 89.6. The number of hydrogen-bond acceptors (Lipinski definition) is 2. The molecule has 0 unspecified atom stereocenters. The molecule has 24 rings (SSSR count). The molecule has 0 saturated carbocycles. The monoisotopic (exact) mass is 1700 g/mol. The summed E-state index contributed by atoms with van der Waals surface area (Å²) in [5.74, 6) is 0. The first-order valence-electron chi connectivity index (χ1n) is 45.3. The second-order valence-corrected chi connectivity index (χ2v) is 33.6. The molecule has 6 nitrogen and oxygen atoms in total. The summed E-state index contributed by atoms with van der Waals surface area (Å²) in [6.07, 6.45) is 0. The van der Waals surface area contributed by atoms with E-state index in [9.17, 15) is 0 Å². The van der Waals surface area contributed by atoms with Crippen molar-refractivity contribution in [3.05, 3.63) is 526 Å². The summed E-state index contributed by atoms with van der Waals surface area (Å²) >= 11 is 0. The van der Waals surface area contributed by atoms with Crippen LogP contribution in [0.2, 0.25) is 0 Å². The van der Waals surface area contributed by atoms with E-state index in [0.717, 1.165) is 17.1 Å². The van der Waals surface area contributed by atoms with Crippen LogP contribution in [0.4, 0.5) is 34.1 Å². The Kier molecular flexibility index (Phi) is 25.2. The molecule has 4 heterocycles. The van der Waals surface area contributed by atoms with E-state index in [-0.39, 0.29) is 0 Å². The van der Waals surface area contributed by atoms with Crippen molar-refractivity contribution in [2.24, 2.45) is 21.1 Å². The smallest absolute Gasteiger partial charge is 0.0541 e. The van der Waals surface area contributed by atoms with Crippen LogP contribution in [-0.4, -0.2) is 18.3 Å². The Bertz CT molecular complexity index is 7660. The summed E-state index contributed by atoms with van der Waals surface area (Å²) in [7, 11) is 6.40. The highest BCUT2D eigenvalue weighted by Crippen LogP contribution is 2.42. The van der Waals surface area contributed by atoms with Gasteiger partial charge in [-0.15, -0.1) is 0 Å². The highest BCUT2D eigenvalue weighted by molar-refractivity contribution is 6.13. The molecule has 24 aromatic rings. The molecule has 20 aromatic carbocycles. The van der Waals surface area contributed by atoms with Crippen molar-refractivity contribution >= 4 is 121 Å². The van der Waals surface area contributed by atoms with Crippen molar-refractivity contribution in [1.82, 2.24) is 18.3 Å². The Balaban J connectivity index is 0.000000104. The summed E-state index contributed by atoms with van der Waals surface area (Å²) in [5.41, 5.74) is 34.7. The first-order chi connectivity index (χ1) is 65.0. The summed E-state index contributed by atoms with van der Waals surface area (Å²) < 4.78 is 9.13. The van der Waals surface area contributed by atoms with Gasteiger partial charge in [0.2, 0.25) is 0 Å². The van der Waals surface area contributed by atoms with Crippen LogP contribution in [0.3, 0.4) is 0 Å². The van der Waals surface area contributed by atoms with E-state index in [1.807, 2.05) is 12.1 Å². The molecule has 6 heteroatoms. The van der Waals surface area contributed by atoms with Gasteiger partial charge in [0.1, 0.15) is 0 Å². The van der Waals surface area contributed by atoms with Gasteiger partial charge < -0.3 is 28.1 Å². The topological polar surface area (TPSA) is 26.2 Å². The summed E-state index contributed by atoms with van der Waals surface area (Å²) in [5, 5.41) is 10.6. The van der Waals surface area contributed by atoms with Crippen LogP contribution in [0.5, 0.6) is 0 Å². The molecule has 0 spiro atoms. The predicted octanol–water partition coefficient (Wildman–Crippen LogP) is 34.4. The molecule has 0 aliphatic rings. The van der Waals surface area contributed by atoms with Gasteiger partial charge in [-0.3, -0.25) is 0 Å². The van der Waals surface area contributed by atoms with E-state index in [1.165, 1.54) is 182 Å². The molecular formula is C126H102N6. The lowest BCUT2D eigenvalue weighted by Crippen LogP contribution is -2.09. The maximum Gasteiger partial charge on any atom is 0.0541 e. The Morgan fingerprint density at radius 3 is 0.614 bits per heavy atom. The third-order valence-corrected chi connectivity index (χ3v) is 25.0. The third-order valence-electron chi connectivity index (χ3n) is 25.0. The average molecular weight is 1700 g/mol. The van der Waals surface area contributed by atoms with Gasteiger partial charge in [0.25, 0.3) is 0 Å². The van der Waals surface area contributed by atoms with Crippen molar-refractivity contribution < 1.29 is 0 Å². The van der Waals surface area contributed by atoms with Gasteiger partial charge in [-0.1, -0.05) is 375 Å². The van der Waals surface area contributed by atoms with Gasteiger partial charge in [-0.2, -0.15) is 0 Å². The predicted molar refractivity (Wildman–Crippen MR) is 566 cm³/mol. The molecule has 0 amide bonds. The quantitative estimate of drug-likeness (QED) is 0.122. The van der Waals surface area contributed by atoms with Crippen molar-refractivity contribution in [2.45, 2.75) is 20.8 Å². The molecule has 0 aliphatic carbocycles. The van der Waals surface area contributed by atoms with Crippen molar-refractivity contribution in [2.75, 3.05) is 9.80 Å². The zero-order valence-electron chi connectivity index (χ0n) is 75.2. The number of benzene rings is 20. The fourth-order valence-corrected chi connectivity index (χ4v) is 18.1.